The van der Waals surface area contributed by atoms with Gasteiger partial charge in [-0.25, -0.2) is 0 Å². The first-order chi connectivity index (χ1) is 12.7. The maximum absolute atomic E-state index is 13.0. The molecule has 3 heterocycles. The molecule has 0 saturated heterocycles. The summed E-state index contributed by atoms with van der Waals surface area (Å²) >= 11 is 0. The molecule has 0 radical (unpaired) electrons. The molecule has 1 aliphatic rings. The zero-order valence-electron chi connectivity index (χ0n) is 14.1. The number of methoxy groups -OCH3 is 2. The minimum atomic E-state index is -0.204. The monoisotopic (exact) mass is 350 g/mol. The molecule has 0 N–H and O–H groups in total. The molecule has 130 valence electrons. The summed E-state index contributed by atoms with van der Waals surface area (Å²) in [5, 5.41) is 1.21. The molecule has 1 aliphatic heterocycles. The summed E-state index contributed by atoms with van der Waals surface area (Å²) in [6, 6.07) is 8.87. The Balaban J connectivity index is 1.88. The molecule has 26 heavy (non-hydrogen) atoms. The molecule has 0 atom stereocenters. The van der Waals surface area contributed by atoms with Gasteiger partial charge in [0.1, 0.15) is 17.8 Å². The van der Waals surface area contributed by atoms with E-state index >= 15 is 0 Å². The van der Waals surface area contributed by atoms with E-state index in [0.717, 1.165) is 16.5 Å². The molecule has 0 amide bonds. The van der Waals surface area contributed by atoms with Gasteiger partial charge in [-0.2, -0.15) is 0 Å². The Hall–Kier alpha value is -3.41. The van der Waals surface area contributed by atoms with E-state index in [1.54, 1.807) is 44.7 Å². The molecule has 6 heteroatoms. The van der Waals surface area contributed by atoms with Crippen LogP contribution in [0.2, 0.25) is 0 Å². The van der Waals surface area contributed by atoms with E-state index in [2.05, 4.69) is 0 Å². The van der Waals surface area contributed by atoms with Crippen LogP contribution in [0.15, 0.2) is 50.2 Å². The molecule has 0 fully saturated rings. The van der Waals surface area contributed by atoms with Gasteiger partial charge in [0.05, 0.1) is 31.3 Å². The lowest BCUT2D eigenvalue weighted by atomic mass is 10.0. The molecule has 2 aromatic heterocycles. The third kappa shape index (κ3) is 1.89. The second kappa shape index (κ2) is 5.29. The van der Waals surface area contributed by atoms with Crippen LogP contribution < -0.4 is 19.6 Å². The first-order valence-corrected chi connectivity index (χ1v) is 8.06. The summed E-state index contributed by atoms with van der Waals surface area (Å²) in [5.74, 6) is 1.75. The van der Waals surface area contributed by atoms with Crippen LogP contribution in [0, 0.1) is 0 Å². The Bertz CT molecular complexity index is 1230. The Labute approximate surface area is 147 Å². The number of ether oxygens (including phenoxy) is 3. The van der Waals surface area contributed by atoms with Crippen LogP contribution in [0.1, 0.15) is 5.56 Å². The first-order valence-electron chi connectivity index (χ1n) is 8.06. The third-order valence-corrected chi connectivity index (χ3v) is 4.67. The predicted molar refractivity (Wildman–Crippen MR) is 95.1 cm³/mol. The number of furan rings is 1. The SMILES string of the molecule is COc1cc2c(cc1OC)-c1oc3c(ccc4occc43)c(=O)c1OC2. The van der Waals surface area contributed by atoms with E-state index in [9.17, 15) is 4.79 Å². The van der Waals surface area contributed by atoms with E-state index in [1.807, 2.05) is 6.07 Å². The topological polar surface area (TPSA) is 71.0 Å². The normalized spacial score (nSPS) is 12.5. The molecule has 5 rings (SSSR count). The van der Waals surface area contributed by atoms with Crippen molar-refractivity contribution >= 4 is 21.9 Å². The number of benzene rings is 2. The first kappa shape index (κ1) is 14.9. The maximum Gasteiger partial charge on any atom is 0.235 e. The minimum Gasteiger partial charge on any atom is -0.493 e. The lowest BCUT2D eigenvalue weighted by Gasteiger charge is -2.21. The summed E-state index contributed by atoms with van der Waals surface area (Å²) in [4.78, 5) is 13.0. The van der Waals surface area contributed by atoms with Gasteiger partial charge in [0.25, 0.3) is 0 Å². The van der Waals surface area contributed by atoms with Crippen molar-refractivity contribution in [3.8, 4) is 28.6 Å². The largest absolute Gasteiger partial charge is 0.493 e. The second-order valence-electron chi connectivity index (χ2n) is 6.02. The van der Waals surface area contributed by atoms with Gasteiger partial charge in [-0.05, 0) is 30.3 Å². The average Bonchev–Trinajstić information content (AvgIpc) is 3.16. The summed E-state index contributed by atoms with van der Waals surface area (Å²) < 4.78 is 28.0. The van der Waals surface area contributed by atoms with Crippen molar-refractivity contribution < 1.29 is 23.0 Å². The highest BCUT2D eigenvalue weighted by Crippen LogP contribution is 2.43. The second-order valence-corrected chi connectivity index (χ2v) is 6.02. The minimum absolute atomic E-state index is 0.204. The van der Waals surface area contributed by atoms with Crippen LogP contribution in [0.25, 0.3) is 33.3 Å². The summed E-state index contributed by atoms with van der Waals surface area (Å²) in [7, 11) is 3.14. The molecule has 2 aromatic carbocycles. The van der Waals surface area contributed by atoms with Gasteiger partial charge in [-0.3, -0.25) is 4.79 Å². The van der Waals surface area contributed by atoms with Gasteiger partial charge in [0.15, 0.2) is 17.3 Å². The highest BCUT2D eigenvalue weighted by Gasteiger charge is 2.27. The van der Waals surface area contributed by atoms with Crippen LogP contribution in [0.4, 0.5) is 0 Å². The van der Waals surface area contributed by atoms with Crippen molar-refractivity contribution in [3.63, 3.8) is 0 Å². The Morgan fingerprint density at radius 2 is 1.81 bits per heavy atom. The highest BCUT2D eigenvalue weighted by molar-refractivity contribution is 6.03. The molecule has 6 nitrogen and oxygen atoms in total. The molecule has 0 unspecified atom stereocenters. The fourth-order valence-electron chi connectivity index (χ4n) is 3.39. The molecular formula is C20H14O6. The van der Waals surface area contributed by atoms with E-state index in [0.29, 0.717) is 33.8 Å². The molecule has 0 spiro atoms. The average molecular weight is 350 g/mol. The standard InChI is InChI=1S/C20H14O6/c1-22-15-7-10-9-25-20-17(21)12-3-4-14-11(5-6-24-14)18(12)26-19(20)13(10)8-16(15)23-2/h3-8H,9H2,1-2H3. The van der Waals surface area contributed by atoms with Gasteiger partial charge in [-0.1, -0.05) is 0 Å². The zero-order valence-corrected chi connectivity index (χ0v) is 14.1. The fraction of sp³-hybridized carbons (Fsp3) is 0.150. The number of rotatable bonds is 2. The zero-order chi connectivity index (χ0) is 17.8. The summed E-state index contributed by atoms with van der Waals surface area (Å²) in [6.07, 6.45) is 1.57. The lowest BCUT2D eigenvalue weighted by molar-refractivity contribution is 0.288. The predicted octanol–water partition coefficient (Wildman–Crippen LogP) is 4.12. The van der Waals surface area contributed by atoms with Gasteiger partial charge in [-0.15, -0.1) is 0 Å². The highest BCUT2D eigenvalue weighted by atomic mass is 16.5. The van der Waals surface area contributed by atoms with Gasteiger partial charge >= 0.3 is 0 Å². The number of hydrogen-bond acceptors (Lipinski definition) is 6. The summed E-state index contributed by atoms with van der Waals surface area (Å²) in [6.45, 7) is 0.257. The third-order valence-electron chi connectivity index (χ3n) is 4.67. The van der Waals surface area contributed by atoms with Crippen LogP contribution in [0.3, 0.4) is 0 Å². The fourth-order valence-corrected chi connectivity index (χ4v) is 3.39. The Morgan fingerprint density at radius 1 is 1.00 bits per heavy atom. The van der Waals surface area contributed by atoms with Crippen molar-refractivity contribution in [2.24, 2.45) is 0 Å². The van der Waals surface area contributed by atoms with Crippen molar-refractivity contribution in [3.05, 3.63) is 52.4 Å². The van der Waals surface area contributed by atoms with Crippen molar-refractivity contribution in [2.75, 3.05) is 14.2 Å². The van der Waals surface area contributed by atoms with Crippen LogP contribution in [-0.2, 0) is 6.61 Å². The molecule has 0 aliphatic carbocycles. The van der Waals surface area contributed by atoms with Gasteiger partial charge in [0.2, 0.25) is 11.2 Å². The number of fused-ring (bicyclic) bond motifs is 6. The Kier molecular flexibility index (Phi) is 3.03. The molecular weight excluding hydrogens is 336 g/mol. The Morgan fingerprint density at radius 3 is 2.62 bits per heavy atom. The maximum atomic E-state index is 13.0. The molecule has 0 bridgehead atoms. The van der Waals surface area contributed by atoms with Crippen molar-refractivity contribution in [1.29, 1.82) is 0 Å². The van der Waals surface area contributed by atoms with Gasteiger partial charge in [0, 0.05) is 11.1 Å². The van der Waals surface area contributed by atoms with Gasteiger partial charge < -0.3 is 23.0 Å². The van der Waals surface area contributed by atoms with E-state index in [1.165, 1.54) is 0 Å². The molecule has 4 aromatic rings. The van der Waals surface area contributed by atoms with Crippen molar-refractivity contribution in [1.82, 2.24) is 0 Å². The van der Waals surface area contributed by atoms with Crippen LogP contribution in [0.5, 0.6) is 17.2 Å². The van der Waals surface area contributed by atoms with E-state index in [-0.39, 0.29) is 17.8 Å². The number of hydrogen-bond donors (Lipinski definition) is 0. The van der Waals surface area contributed by atoms with Crippen molar-refractivity contribution in [2.45, 2.75) is 6.61 Å². The smallest absolute Gasteiger partial charge is 0.235 e. The lowest BCUT2D eigenvalue weighted by Crippen LogP contribution is -2.15. The van der Waals surface area contributed by atoms with E-state index < -0.39 is 0 Å². The van der Waals surface area contributed by atoms with E-state index in [4.69, 9.17) is 23.0 Å². The van der Waals surface area contributed by atoms with Crippen LogP contribution >= 0.6 is 0 Å². The summed E-state index contributed by atoms with van der Waals surface area (Å²) in [5.41, 5.74) is 2.54. The van der Waals surface area contributed by atoms with Crippen LogP contribution in [-0.4, -0.2) is 14.2 Å². The molecule has 0 saturated carbocycles. The quantitative estimate of drug-likeness (QED) is 0.542.